The van der Waals surface area contributed by atoms with Crippen molar-refractivity contribution >= 4 is 5.97 Å². The van der Waals surface area contributed by atoms with Crippen molar-refractivity contribution in [2.75, 3.05) is 13.7 Å². The number of hydrogen-bond donors (Lipinski definition) is 1. The molecule has 1 unspecified atom stereocenters. The SMILES string of the molecule is COc1ccc(CN2CC3(CCCCC3)CC2C(=O)O)cc1. The van der Waals surface area contributed by atoms with Crippen molar-refractivity contribution in [2.45, 2.75) is 51.1 Å². The Hall–Kier alpha value is -1.55. The molecule has 1 aliphatic carbocycles. The molecule has 1 N–H and O–H groups in total. The Morgan fingerprint density at radius 1 is 1.27 bits per heavy atom. The van der Waals surface area contributed by atoms with Crippen molar-refractivity contribution in [2.24, 2.45) is 5.41 Å². The van der Waals surface area contributed by atoms with E-state index in [1.54, 1.807) is 7.11 Å². The predicted octanol–water partition coefficient (Wildman–Crippen LogP) is 3.30. The Bertz CT molecular complexity index is 520. The molecule has 0 aromatic heterocycles. The number of nitrogens with zero attached hydrogens (tertiary/aromatic N) is 1. The van der Waals surface area contributed by atoms with Crippen LogP contribution in [0.4, 0.5) is 0 Å². The Morgan fingerprint density at radius 3 is 2.55 bits per heavy atom. The molecule has 2 aliphatic rings. The maximum atomic E-state index is 11.7. The first-order chi connectivity index (χ1) is 10.6. The van der Waals surface area contributed by atoms with E-state index in [0.29, 0.717) is 6.54 Å². The molecule has 1 saturated carbocycles. The summed E-state index contributed by atoms with van der Waals surface area (Å²) in [4.78, 5) is 13.8. The average Bonchev–Trinajstić information content (AvgIpc) is 2.87. The number of ether oxygens (including phenoxy) is 1. The van der Waals surface area contributed by atoms with Gasteiger partial charge in [0.1, 0.15) is 11.8 Å². The van der Waals surface area contributed by atoms with Gasteiger partial charge in [0.15, 0.2) is 0 Å². The topological polar surface area (TPSA) is 49.8 Å². The number of carbonyl (C=O) groups is 1. The fraction of sp³-hybridized carbons (Fsp3) is 0.611. The smallest absolute Gasteiger partial charge is 0.320 e. The fourth-order valence-corrected chi connectivity index (χ4v) is 4.18. The highest BCUT2D eigenvalue weighted by Crippen LogP contribution is 2.46. The quantitative estimate of drug-likeness (QED) is 0.927. The molecule has 1 saturated heterocycles. The molecule has 1 aromatic carbocycles. The third kappa shape index (κ3) is 3.12. The van der Waals surface area contributed by atoms with E-state index in [9.17, 15) is 9.90 Å². The number of aliphatic carboxylic acids is 1. The van der Waals surface area contributed by atoms with E-state index in [2.05, 4.69) is 4.90 Å². The lowest BCUT2D eigenvalue weighted by molar-refractivity contribution is -0.142. The zero-order valence-corrected chi connectivity index (χ0v) is 13.3. The molecule has 0 radical (unpaired) electrons. The van der Waals surface area contributed by atoms with Gasteiger partial charge < -0.3 is 9.84 Å². The summed E-state index contributed by atoms with van der Waals surface area (Å²) in [5, 5.41) is 9.60. The van der Waals surface area contributed by atoms with Crippen LogP contribution >= 0.6 is 0 Å². The molecule has 22 heavy (non-hydrogen) atoms. The molecular formula is C18H25NO3. The van der Waals surface area contributed by atoms with Gasteiger partial charge >= 0.3 is 5.97 Å². The first-order valence-electron chi connectivity index (χ1n) is 8.22. The molecule has 1 aliphatic heterocycles. The minimum Gasteiger partial charge on any atom is -0.497 e. The van der Waals surface area contributed by atoms with E-state index in [4.69, 9.17) is 4.74 Å². The van der Waals surface area contributed by atoms with Gasteiger partial charge in [0.05, 0.1) is 7.11 Å². The van der Waals surface area contributed by atoms with Gasteiger partial charge in [-0.1, -0.05) is 31.4 Å². The van der Waals surface area contributed by atoms with Crippen molar-refractivity contribution in [3.05, 3.63) is 29.8 Å². The Labute approximate surface area is 132 Å². The molecule has 2 fully saturated rings. The first kappa shape index (κ1) is 15.3. The summed E-state index contributed by atoms with van der Waals surface area (Å²) in [6.07, 6.45) is 7.01. The van der Waals surface area contributed by atoms with Crippen LogP contribution in [0, 0.1) is 5.41 Å². The van der Waals surface area contributed by atoms with Crippen molar-refractivity contribution in [3.8, 4) is 5.75 Å². The lowest BCUT2D eigenvalue weighted by Crippen LogP contribution is -2.35. The molecule has 0 bridgehead atoms. The zero-order valence-electron chi connectivity index (χ0n) is 13.3. The molecule has 1 spiro atoms. The maximum Gasteiger partial charge on any atom is 0.320 e. The van der Waals surface area contributed by atoms with Crippen LogP contribution in [0.25, 0.3) is 0 Å². The number of likely N-dealkylation sites (tertiary alicyclic amines) is 1. The Morgan fingerprint density at radius 2 is 1.95 bits per heavy atom. The van der Waals surface area contributed by atoms with Crippen LogP contribution < -0.4 is 4.74 Å². The standard InChI is InChI=1S/C18H25NO3/c1-22-15-7-5-14(6-8-15)12-19-13-18(9-3-2-4-10-18)11-16(19)17(20)21/h5-8,16H,2-4,9-13H2,1H3,(H,20,21). The highest BCUT2D eigenvalue weighted by molar-refractivity contribution is 5.74. The number of benzene rings is 1. The van der Waals surface area contributed by atoms with Gasteiger partial charge in [-0.2, -0.15) is 0 Å². The fourth-order valence-electron chi connectivity index (χ4n) is 4.18. The summed E-state index contributed by atoms with van der Waals surface area (Å²) in [7, 11) is 1.66. The Balaban J connectivity index is 1.73. The van der Waals surface area contributed by atoms with Gasteiger partial charge in [-0.3, -0.25) is 9.69 Å². The number of rotatable bonds is 4. The number of carboxylic acid groups (broad SMARTS) is 1. The van der Waals surface area contributed by atoms with Crippen molar-refractivity contribution in [3.63, 3.8) is 0 Å². The van der Waals surface area contributed by atoms with E-state index >= 15 is 0 Å². The van der Waals surface area contributed by atoms with Gasteiger partial charge in [-0.15, -0.1) is 0 Å². The van der Waals surface area contributed by atoms with E-state index in [1.807, 2.05) is 24.3 Å². The summed E-state index contributed by atoms with van der Waals surface area (Å²) >= 11 is 0. The molecular weight excluding hydrogens is 278 g/mol. The molecule has 1 atom stereocenters. The maximum absolute atomic E-state index is 11.7. The first-order valence-corrected chi connectivity index (χ1v) is 8.22. The minimum atomic E-state index is -0.670. The number of carboxylic acids is 1. The average molecular weight is 303 g/mol. The van der Waals surface area contributed by atoms with Crippen LogP contribution in [0.5, 0.6) is 5.75 Å². The number of methoxy groups -OCH3 is 1. The van der Waals surface area contributed by atoms with Crippen molar-refractivity contribution in [1.29, 1.82) is 0 Å². The van der Waals surface area contributed by atoms with E-state index in [1.165, 1.54) is 32.1 Å². The molecule has 4 nitrogen and oxygen atoms in total. The van der Waals surface area contributed by atoms with E-state index in [0.717, 1.165) is 24.3 Å². The third-order valence-corrected chi connectivity index (χ3v) is 5.35. The summed E-state index contributed by atoms with van der Waals surface area (Å²) < 4.78 is 5.18. The second kappa shape index (κ2) is 6.29. The normalized spacial score (nSPS) is 24.5. The van der Waals surface area contributed by atoms with E-state index in [-0.39, 0.29) is 11.5 Å². The summed E-state index contributed by atoms with van der Waals surface area (Å²) in [5.41, 5.74) is 1.40. The second-order valence-corrected chi connectivity index (χ2v) is 6.87. The minimum absolute atomic E-state index is 0.244. The number of hydrogen-bond acceptors (Lipinski definition) is 3. The Kier molecular flexibility index (Phi) is 4.39. The van der Waals surface area contributed by atoms with E-state index < -0.39 is 5.97 Å². The van der Waals surface area contributed by atoms with Crippen molar-refractivity contribution in [1.82, 2.24) is 4.90 Å². The van der Waals surface area contributed by atoms with Crippen LogP contribution in [0.15, 0.2) is 24.3 Å². The molecule has 1 heterocycles. The van der Waals surface area contributed by atoms with Crippen LogP contribution in [-0.4, -0.2) is 35.7 Å². The highest BCUT2D eigenvalue weighted by Gasteiger charge is 2.46. The monoisotopic (exact) mass is 303 g/mol. The van der Waals surface area contributed by atoms with Crippen LogP contribution in [-0.2, 0) is 11.3 Å². The largest absolute Gasteiger partial charge is 0.497 e. The molecule has 120 valence electrons. The van der Waals surface area contributed by atoms with Crippen LogP contribution in [0.3, 0.4) is 0 Å². The molecule has 1 aromatic rings. The summed E-state index contributed by atoms with van der Waals surface area (Å²) in [6, 6.07) is 7.61. The van der Waals surface area contributed by atoms with Gasteiger partial charge in [-0.05, 0) is 42.4 Å². The van der Waals surface area contributed by atoms with Gasteiger partial charge in [0.2, 0.25) is 0 Å². The van der Waals surface area contributed by atoms with Crippen molar-refractivity contribution < 1.29 is 14.6 Å². The molecule has 3 rings (SSSR count). The lowest BCUT2D eigenvalue weighted by Gasteiger charge is -2.33. The third-order valence-electron chi connectivity index (χ3n) is 5.35. The molecule has 0 amide bonds. The van der Waals surface area contributed by atoms with Gasteiger partial charge in [0, 0.05) is 13.1 Å². The molecule has 4 heteroatoms. The predicted molar refractivity (Wildman–Crippen MR) is 85.0 cm³/mol. The highest BCUT2D eigenvalue weighted by atomic mass is 16.5. The lowest BCUT2D eigenvalue weighted by atomic mass is 9.73. The van der Waals surface area contributed by atoms with Gasteiger partial charge in [0.25, 0.3) is 0 Å². The second-order valence-electron chi connectivity index (χ2n) is 6.87. The van der Waals surface area contributed by atoms with Crippen LogP contribution in [0.1, 0.15) is 44.1 Å². The van der Waals surface area contributed by atoms with Crippen LogP contribution in [0.2, 0.25) is 0 Å². The zero-order chi connectivity index (χ0) is 15.6. The summed E-state index contributed by atoms with van der Waals surface area (Å²) in [5.74, 6) is 0.166. The summed E-state index contributed by atoms with van der Waals surface area (Å²) in [6.45, 7) is 1.64. The van der Waals surface area contributed by atoms with Gasteiger partial charge in [-0.25, -0.2) is 0 Å².